The van der Waals surface area contributed by atoms with Crippen molar-refractivity contribution in [1.82, 2.24) is 4.98 Å². The summed E-state index contributed by atoms with van der Waals surface area (Å²) in [6.07, 6.45) is 2.88. The molecule has 2 unspecified atom stereocenters. The lowest BCUT2D eigenvalue weighted by atomic mass is 9.87. The van der Waals surface area contributed by atoms with Crippen LogP contribution in [0.5, 0.6) is 0 Å². The quantitative estimate of drug-likeness (QED) is 0.739. The molecule has 3 amide bonds. The number of fused-ring (bicyclic) bond motifs is 1. The number of carbonyl (C=O) groups is 3. The lowest BCUT2D eigenvalue weighted by Gasteiger charge is -2.22. The van der Waals surface area contributed by atoms with Gasteiger partial charge in [0.1, 0.15) is 11.1 Å². The van der Waals surface area contributed by atoms with E-state index in [1.54, 1.807) is 24.3 Å². The molecule has 158 valence electrons. The van der Waals surface area contributed by atoms with E-state index in [0.29, 0.717) is 27.9 Å². The molecule has 31 heavy (non-hydrogen) atoms. The monoisotopic (exact) mass is 434 g/mol. The van der Waals surface area contributed by atoms with Crippen molar-refractivity contribution in [2.24, 2.45) is 5.92 Å². The van der Waals surface area contributed by atoms with Gasteiger partial charge in [0.2, 0.25) is 17.7 Å². The third kappa shape index (κ3) is 4.32. The van der Waals surface area contributed by atoms with E-state index in [2.05, 4.69) is 18.3 Å². The van der Waals surface area contributed by atoms with E-state index in [-0.39, 0.29) is 24.1 Å². The number of hydrogen-bond acceptors (Lipinski definition) is 6. The van der Waals surface area contributed by atoms with Gasteiger partial charge in [0.25, 0.3) is 0 Å². The van der Waals surface area contributed by atoms with Crippen LogP contribution in [0.4, 0.5) is 11.4 Å². The molecule has 1 aliphatic carbocycles. The molecule has 1 N–H and O–H groups in total. The number of amides is 3. The summed E-state index contributed by atoms with van der Waals surface area (Å²) in [6.45, 7) is 3.60. The number of imide groups is 1. The first-order chi connectivity index (χ1) is 14.9. The molecule has 2 atom stereocenters. The first kappa shape index (κ1) is 21.1. The fourth-order valence-corrected chi connectivity index (χ4v) is 5.09. The van der Waals surface area contributed by atoms with Crippen LogP contribution in [0.15, 0.2) is 35.4 Å². The minimum absolute atomic E-state index is 0.0532. The molecule has 1 fully saturated rings. The predicted molar refractivity (Wildman–Crippen MR) is 118 cm³/mol. The number of aromatic nitrogens is 1. The van der Waals surface area contributed by atoms with Crippen LogP contribution in [0.1, 0.15) is 43.5 Å². The van der Waals surface area contributed by atoms with Gasteiger partial charge in [-0.3, -0.25) is 14.4 Å². The zero-order chi connectivity index (χ0) is 22.1. The zero-order valence-electron chi connectivity index (χ0n) is 17.3. The van der Waals surface area contributed by atoms with Crippen LogP contribution < -0.4 is 10.2 Å². The molecule has 2 aliphatic rings. The Hall–Kier alpha value is -3.18. The molecule has 4 rings (SSSR count). The fourth-order valence-electron chi connectivity index (χ4n) is 4.00. The minimum atomic E-state index is -0.623. The Kier molecular flexibility index (Phi) is 5.79. The summed E-state index contributed by atoms with van der Waals surface area (Å²) in [7, 11) is 0. The van der Waals surface area contributed by atoms with Crippen molar-refractivity contribution < 1.29 is 14.4 Å². The standard InChI is InChI=1S/C23H22N4O3S/c1-13-3-8-19-15(9-13)10-16(12-24)22(26-19)31-20-11-21(29)27(23(20)30)18-6-4-17(5-7-18)25-14(2)28/h4-7,10,13,20H,3,8-9,11H2,1-2H3,(H,25,28). The second-order valence-corrected chi connectivity index (χ2v) is 9.20. The molecule has 0 bridgehead atoms. The Morgan fingerprint density at radius 1 is 1.26 bits per heavy atom. The van der Waals surface area contributed by atoms with Gasteiger partial charge in [-0.2, -0.15) is 5.26 Å². The number of benzene rings is 1. The first-order valence-electron chi connectivity index (χ1n) is 10.2. The Bertz CT molecular complexity index is 1110. The topological polar surface area (TPSA) is 103 Å². The lowest BCUT2D eigenvalue weighted by Crippen LogP contribution is -2.31. The van der Waals surface area contributed by atoms with Gasteiger partial charge < -0.3 is 5.32 Å². The third-order valence-electron chi connectivity index (χ3n) is 5.52. The largest absolute Gasteiger partial charge is 0.326 e. The second-order valence-electron chi connectivity index (χ2n) is 8.01. The number of anilines is 2. The Labute approximate surface area is 184 Å². The van der Waals surface area contributed by atoms with Crippen LogP contribution in [-0.4, -0.2) is 28.0 Å². The van der Waals surface area contributed by atoms with Crippen molar-refractivity contribution in [1.29, 1.82) is 5.26 Å². The van der Waals surface area contributed by atoms with E-state index in [0.717, 1.165) is 30.5 Å². The number of pyridine rings is 1. The van der Waals surface area contributed by atoms with E-state index in [1.165, 1.54) is 23.6 Å². The smallest absolute Gasteiger partial charge is 0.247 e. The molecule has 2 aromatic rings. The number of hydrogen-bond donors (Lipinski definition) is 1. The molecular weight excluding hydrogens is 412 g/mol. The van der Waals surface area contributed by atoms with Gasteiger partial charge in [-0.25, -0.2) is 9.88 Å². The average molecular weight is 435 g/mol. The van der Waals surface area contributed by atoms with Crippen LogP contribution in [0, 0.1) is 17.2 Å². The SMILES string of the molecule is CC(=O)Nc1ccc(N2C(=O)CC(Sc3nc4c(cc3C#N)CC(C)CC4)C2=O)cc1. The van der Waals surface area contributed by atoms with Crippen LogP contribution in [0.25, 0.3) is 0 Å². The van der Waals surface area contributed by atoms with Crippen molar-refractivity contribution in [3.05, 3.63) is 47.2 Å². The predicted octanol–water partition coefficient (Wildman–Crippen LogP) is 3.46. The normalized spacial score (nSPS) is 20.4. The number of carbonyl (C=O) groups excluding carboxylic acids is 3. The van der Waals surface area contributed by atoms with Crippen LogP contribution in [0.2, 0.25) is 0 Å². The van der Waals surface area contributed by atoms with E-state index in [9.17, 15) is 19.6 Å². The maximum Gasteiger partial charge on any atom is 0.247 e. The van der Waals surface area contributed by atoms with Crippen molar-refractivity contribution in [2.75, 3.05) is 10.2 Å². The number of aryl methyl sites for hydroxylation is 1. The number of nitrogens with zero attached hydrogens (tertiary/aromatic N) is 3. The van der Waals surface area contributed by atoms with Crippen molar-refractivity contribution >= 4 is 40.9 Å². The zero-order valence-corrected chi connectivity index (χ0v) is 18.2. The van der Waals surface area contributed by atoms with E-state index in [4.69, 9.17) is 4.98 Å². The second kappa shape index (κ2) is 8.52. The third-order valence-corrected chi connectivity index (χ3v) is 6.71. The van der Waals surface area contributed by atoms with Gasteiger partial charge in [0, 0.05) is 24.7 Å². The number of rotatable bonds is 4. The molecule has 1 aliphatic heterocycles. The van der Waals surface area contributed by atoms with Gasteiger partial charge in [0.15, 0.2) is 0 Å². The molecule has 0 spiro atoms. The highest BCUT2D eigenvalue weighted by Crippen LogP contribution is 2.36. The molecule has 1 aromatic carbocycles. The highest BCUT2D eigenvalue weighted by Gasteiger charge is 2.41. The summed E-state index contributed by atoms with van der Waals surface area (Å²) in [5, 5.41) is 12.2. The molecular formula is C23H22N4O3S. The molecule has 8 heteroatoms. The van der Waals surface area contributed by atoms with E-state index >= 15 is 0 Å². The van der Waals surface area contributed by atoms with Gasteiger partial charge in [-0.15, -0.1) is 0 Å². The van der Waals surface area contributed by atoms with Crippen molar-refractivity contribution in [2.45, 2.75) is 49.8 Å². The molecule has 1 saturated heterocycles. The highest BCUT2D eigenvalue weighted by molar-refractivity contribution is 8.00. The summed E-state index contributed by atoms with van der Waals surface area (Å²) in [4.78, 5) is 42.7. The Morgan fingerprint density at radius 2 is 2.00 bits per heavy atom. The van der Waals surface area contributed by atoms with Gasteiger partial charge in [0.05, 0.1) is 16.5 Å². The summed E-state index contributed by atoms with van der Waals surface area (Å²) in [6, 6.07) is 10.7. The lowest BCUT2D eigenvalue weighted by molar-refractivity contribution is -0.121. The summed E-state index contributed by atoms with van der Waals surface area (Å²) in [5.41, 5.74) is 3.60. The Balaban J connectivity index is 1.55. The van der Waals surface area contributed by atoms with E-state index in [1.807, 2.05) is 6.07 Å². The maximum atomic E-state index is 13.0. The van der Waals surface area contributed by atoms with Gasteiger partial charge in [-0.05, 0) is 61.1 Å². The van der Waals surface area contributed by atoms with Gasteiger partial charge in [-0.1, -0.05) is 18.7 Å². The van der Waals surface area contributed by atoms with Crippen LogP contribution in [0.3, 0.4) is 0 Å². The molecule has 0 saturated carbocycles. The average Bonchev–Trinajstić information content (AvgIpc) is 3.01. The number of nitriles is 1. The van der Waals surface area contributed by atoms with E-state index < -0.39 is 5.25 Å². The minimum Gasteiger partial charge on any atom is -0.326 e. The number of nitrogens with one attached hydrogen (secondary N) is 1. The van der Waals surface area contributed by atoms with Crippen LogP contribution in [-0.2, 0) is 27.2 Å². The highest BCUT2D eigenvalue weighted by atomic mass is 32.2. The molecule has 2 heterocycles. The first-order valence-corrected chi connectivity index (χ1v) is 11.1. The number of thioether (sulfide) groups is 1. The van der Waals surface area contributed by atoms with Crippen LogP contribution >= 0.6 is 11.8 Å². The summed E-state index contributed by atoms with van der Waals surface area (Å²) < 4.78 is 0. The van der Waals surface area contributed by atoms with Crippen molar-refractivity contribution in [3.8, 4) is 6.07 Å². The molecule has 1 aromatic heterocycles. The fraction of sp³-hybridized carbons (Fsp3) is 0.348. The van der Waals surface area contributed by atoms with Gasteiger partial charge >= 0.3 is 0 Å². The molecule has 0 radical (unpaired) electrons. The molecule has 7 nitrogen and oxygen atoms in total. The summed E-state index contributed by atoms with van der Waals surface area (Å²) in [5.74, 6) is -0.240. The summed E-state index contributed by atoms with van der Waals surface area (Å²) >= 11 is 1.20. The maximum absolute atomic E-state index is 13.0. The van der Waals surface area contributed by atoms with Crippen molar-refractivity contribution in [3.63, 3.8) is 0 Å². The Morgan fingerprint density at radius 3 is 2.68 bits per heavy atom.